The molecule has 12 heteroatoms. The summed E-state index contributed by atoms with van der Waals surface area (Å²) in [7, 11) is 3.28. The summed E-state index contributed by atoms with van der Waals surface area (Å²) in [4.78, 5) is 39.3. The van der Waals surface area contributed by atoms with Gasteiger partial charge in [-0.05, 0) is 42.9 Å². The molecule has 1 aromatic carbocycles. The highest BCUT2D eigenvalue weighted by Gasteiger charge is 2.33. The number of aromatic nitrogens is 4. The van der Waals surface area contributed by atoms with E-state index in [1.807, 2.05) is 6.92 Å². The number of benzene rings is 1. The van der Waals surface area contributed by atoms with Gasteiger partial charge in [-0.15, -0.1) is 0 Å². The Kier molecular flexibility index (Phi) is 8.22. The van der Waals surface area contributed by atoms with Crippen molar-refractivity contribution in [3.8, 4) is 5.75 Å². The van der Waals surface area contributed by atoms with Crippen molar-refractivity contribution in [1.29, 1.82) is 0 Å². The summed E-state index contributed by atoms with van der Waals surface area (Å²) in [6, 6.07) is 5.61. The van der Waals surface area contributed by atoms with Crippen LogP contribution in [0.5, 0.6) is 5.75 Å². The fourth-order valence-corrected chi connectivity index (χ4v) is 4.08. The molecule has 0 saturated heterocycles. The average molecular weight is 532 g/mol. The second-order valence-electron chi connectivity index (χ2n) is 9.87. The minimum absolute atomic E-state index is 0.0780. The number of nitrogens with one attached hydrogen (secondary N) is 2. The van der Waals surface area contributed by atoms with Gasteiger partial charge in [-0.3, -0.25) is 28.9 Å². The first kappa shape index (κ1) is 27.4. The SMILES string of the molecule is CC[C@@](O)(Cn1[nH]c(C(=O)N(C)C)c1CCOCn1ccc(=O)[nH]c1=O)c1ccc(F)c(OCC2CC2)c1. The fraction of sp³-hybridized carbons (Fsp3) is 0.500. The maximum absolute atomic E-state index is 14.4. The smallest absolute Gasteiger partial charge is 0.330 e. The van der Waals surface area contributed by atoms with Crippen LogP contribution in [0.4, 0.5) is 4.39 Å². The standard InChI is InChI=1S/C26H34FN5O6/c1-4-26(36,18-7-8-19(27)21(13-18)38-14-17-5-6-17)15-32-20(23(29-32)24(34)30(2)3)10-12-37-16-31-11-9-22(33)28-25(31)35/h7-9,11,13,17,29,36H,4-6,10,12,14-16H2,1-3H3,(H,28,33,35)/t26-/m1/s1. The summed E-state index contributed by atoms with van der Waals surface area (Å²) in [6.07, 6.45) is 4.14. The Hall–Kier alpha value is -3.64. The molecule has 206 valence electrons. The van der Waals surface area contributed by atoms with Gasteiger partial charge in [-0.2, -0.15) is 0 Å². The van der Waals surface area contributed by atoms with E-state index in [0.717, 1.165) is 12.8 Å². The van der Waals surface area contributed by atoms with Crippen molar-refractivity contribution in [3.05, 3.63) is 74.1 Å². The second-order valence-corrected chi connectivity index (χ2v) is 9.87. The molecule has 0 spiro atoms. The highest BCUT2D eigenvalue weighted by molar-refractivity contribution is 5.93. The third-order valence-corrected chi connectivity index (χ3v) is 6.74. The second kappa shape index (κ2) is 11.4. The van der Waals surface area contributed by atoms with Gasteiger partial charge in [0, 0.05) is 32.8 Å². The lowest BCUT2D eigenvalue weighted by atomic mass is 9.90. The van der Waals surface area contributed by atoms with Crippen LogP contribution in [0.1, 0.15) is 47.9 Å². The minimum Gasteiger partial charge on any atom is -0.490 e. The number of rotatable bonds is 13. The number of hydrogen-bond donors (Lipinski definition) is 3. The normalized spacial score (nSPS) is 14.9. The summed E-state index contributed by atoms with van der Waals surface area (Å²) in [5, 5.41) is 14.6. The number of H-pyrrole nitrogens is 2. The van der Waals surface area contributed by atoms with E-state index >= 15 is 0 Å². The molecule has 1 aliphatic carbocycles. The number of nitrogens with zero attached hydrogens (tertiary/aromatic N) is 3. The lowest BCUT2D eigenvalue weighted by Crippen LogP contribution is -2.39. The predicted octanol–water partition coefficient (Wildman–Crippen LogP) is 1.81. The minimum atomic E-state index is -1.36. The quantitative estimate of drug-likeness (QED) is 0.288. The zero-order chi connectivity index (χ0) is 27.4. The van der Waals surface area contributed by atoms with Crippen LogP contribution >= 0.6 is 0 Å². The maximum atomic E-state index is 14.4. The van der Waals surface area contributed by atoms with Gasteiger partial charge in [-0.1, -0.05) is 13.0 Å². The van der Waals surface area contributed by atoms with Gasteiger partial charge >= 0.3 is 5.69 Å². The van der Waals surface area contributed by atoms with Crippen LogP contribution in [-0.4, -0.2) is 62.6 Å². The molecule has 0 unspecified atom stereocenters. The maximum Gasteiger partial charge on any atom is 0.330 e. The monoisotopic (exact) mass is 531 g/mol. The number of aromatic amines is 2. The number of hydrogen-bond acceptors (Lipinski definition) is 6. The zero-order valence-corrected chi connectivity index (χ0v) is 21.8. The molecule has 4 rings (SSSR count). The molecule has 1 amide bonds. The Balaban J connectivity index is 1.49. The number of carbonyl (C=O) groups is 1. The van der Waals surface area contributed by atoms with E-state index in [1.165, 1.54) is 27.8 Å². The molecule has 11 nitrogen and oxygen atoms in total. The van der Waals surface area contributed by atoms with Crippen molar-refractivity contribution in [2.45, 2.75) is 51.5 Å². The number of amides is 1. The Morgan fingerprint density at radius 3 is 2.68 bits per heavy atom. The molecule has 3 aromatic rings. The first-order valence-electron chi connectivity index (χ1n) is 12.6. The molecule has 38 heavy (non-hydrogen) atoms. The lowest BCUT2D eigenvalue weighted by Gasteiger charge is -2.33. The van der Waals surface area contributed by atoms with Crippen LogP contribution in [0.2, 0.25) is 0 Å². The van der Waals surface area contributed by atoms with Gasteiger partial charge in [0.15, 0.2) is 11.6 Å². The van der Waals surface area contributed by atoms with E-state index in [2.05, 4.69) is 10.1 Å². The van der Waals surface area contributed by atoms with Crippen LogP contribution in [-0.2, 0) is 30.0 Å². The summed E-state index contributed by atoms with van der Waals surface area (Å²) in [6.45, 7) is 2.46. The zero-order valence-electron chi connectivity index (χ0n) is 21.8. The van der Waals surface area contributed by atoms with E-state index in [0.29, 0.717) is 42.3 Å². The first-order chi connectivity index (χ1) is 18.1. The summed E-state index contributed by atoms with van der Waals surface area (Å²) in [5.74, 6) is -0.138. The lowest BCUT2D eigenvalue weighted by molar-refractivity contribution is 0.00625. The molecule has 1 aliphatic rings. The van der Waals surface area contributed by atoms with E-state index in [9.17, 15) is 23.9 Å². The molecule has 2 aromatic heterocycles. The van der Waals surface area contributed by atoms with Gasteiger partial charge in [0.05, 0.1) is 25.5 Å². The van der Waals surface area contributed by atoms with E-state index in [-0.39, 0.29) is 31.5 Å². The molecular formula is C26H34FN5O6. The molecule has 3 N–H and O–H groups in total. The van der Waals surface area contributed by atoms with Crippen LogP contribution in [0, 0.1) is 11.7 Å². The first-order valence-corrected chi connectivity index (χ1v) is 12.6. The predicted molar refractivity (Wildman–Crippen MR) is 137 cm³/mol. The van der Waals surface area contributed by atoms with Crippen molar-refractivity contribution in [3.63, 3.8) is 0 Å². The van der Waals surface area contributed by atoms with E-state index in [1.54, 1.807) is 30.9 Å². The van der Waals surface area contributed by atoms with E-state index < -0.39 is 22.7 Å². The highest BCUT2D eigenvalue weighted by atomic mass is 19.1. The fourth-order valence-electron chi connectivity index (χ4n) is 4.08. The highest BCUT2D eigenvalue weighted by Crippen LogP contribution is 2.34. The Morgan fingerprint density at radius 1 is 1.26 bits per heavy atom. The molecular weight excluding hydrogens is 497 g/mol. The number of carbonyl (C=O) groups excluding carboxylic acids is 1. The van der Waals surface area contributed by atoms with Crippen molar-refractivity contribution in [1.82, 2.24) is 24.2 Å². The largest absolute Gasteiger partial charge is 0.490 e. The molecule has 2 heterocycles. The van der Waals surface area contributed by atoms with Crippen molar-refractivity contribution >= 4 is 5.91 Å². The number of halogens is 1. The number of ether oxygens (including phenoxy) is 2. The van der Waals surface area contributed by atoms with Crippen LogP contribution < -0.4 is 16.0 Å². The van der Waals surface area contributed by atoms with Crippen molar-refractivity contribution in [2.24, 2.45) is 5.92 Å². The Labute approximate surface area is 218 Å². The molecule has 0 aliphatic heterocycles. The van der Waals surface area contributed by atoms with Crippen molar-refractivity contribution in [2.75, 3.05) is 27.3 Å². The van der Waals surface area contributed by atoms with Gasteiger partial charge in [0.1, 0.15) is 18.0 Å². The topological polar surface area (TPSA) is 135 Å². The Morgan fingerprint density at radius 2 is 2.03 bits per heavy atom. The molecule has 1 fully saturated rings. The van der Waals surface area contributed by atoms with Gasteiger partial charge < -0.3 is 19.5 Å². The molecule has 1 saturated carbocycles. The molecule has 0 bridgehead atoms. The van der Waals surface area contributed by atoms with E-state index in [4.69, 9.17) is 9.47 Å². The molecule has 0 radical (unpaired) electrons. The third kappa shape index (κ3) is 6.25. The Bertz CT molecular complexity index is 1390. The summed E-state index contributed by atoms with van der Waals surface area (Å²) < 4.78 is 28.5. The van der Waals surface area contributed by atoms with Gasteiger partial charge in [0.2, 0.25) is 0 Å². The number of aliphatic hydroxyl groups is 1. The van der Waals surface area contributed by atoms with Crippen LogP contribution in [0.3, 0.4) is 0 Å². The van der Waals surface area contributed by atoms with Crippen molar-refractivity contribution < 1.29 is 23.8 Å². The van der Waals surface area contributed by atoms with Gasteiger partial charge in [0.25, 0.3) is 11.5 Å². The van der Waals surface area contributed by atoms with Gasteiger partial charge in [-0.25, -0.2) is 9.18 Å². The summed E-state index contributed by atoms with van der Waals surface area (Å²) >= 11 is 0. The average Bonchev–Trinajstić information content (AvgIpc) is 3.70. The third-order valence-electron chi connectivity index (χ3n) is 6.74. The van der Waals surface area contributed by atoms with Crippen LogP contribution in [0.15, 0.2) is 40.1 Å². The summed E-state index contributed by atoms with van der Waals surface area (Å²) in [5.41, 5.74) is -0.914. The molecule has 1 atom stereocenters. The van der Waals surface area contributed by atoms with Crippen LogP contribution in [0.25, 0.3) is 0 Å².